The predicted octanol–water partition coefficient (Wildman–Crippen LogP) is 5.31. The van der Waals surface area contributed by atoms with Crippen molar-refractivity contribution in [2.24, 2.45) is 10.9 Å². The first-order chi connectivity index (χ1) is 22.0. The van der Waals surface area contributed by atoms with Crippen LogP contribution in [0.5, 0.6) is 0 Å². The van der Waals surface area contributed by atoms with E-state index in [1.165, 1.54) is 6.42 Å². The third kappa shape index (κ3) is 6.21. The van der Waals surface area contributed by atoms with Crippen LogP contribution in [0, 0.1) is 5.92 Å². The second-order valence-corrected chi connectivity index (χ2v) is 12.5. The third-order valence-electron chi connectivity index (χ3n) is 9.10. The van der Waals surface area contributed by atoms with Gasteiger partial charge in [-0.3, -0.25) is 15.1 Å². The Hall–Kier alpha value is -4.54. The van der Waals surface area contributed by atoms with Gasteiger partial charge in [0.05, 0.1) is 41.9 Å². The van der Waals surface area contributed by atoms with E-state index in [0.717, 1.165) is 77.6 Å². The van der Waals surface area contributed by atoms with Crippen LogP contribution in [0.25, 0.3) is 33.6 Å². The van der Waals surface area contributed by atoms with Crippen molar-refractivity contribution >= 4 is 12.1 Å². The molecule has 2 aromatic heterocycles. The van der Waals surface area contributed by atoms with Crippen molar-refractivity contribution in [3.05, 3.63) is 84.8 Å². The van der Waals surface area contributed by atoms with Crippen LogP contribution in [0.4, 0.5) is 0 Å². The second kappa shape index (κ2) is 12.8. The molecule has 0 spiro atoms. The minimum absolute atomic E-state index is 0.0739. The minimum Gasteiger partial charge on any atom is -0.358 e. The van der Waals surface area contributed by atoms with Gasteiger partial charge in [0.1, 0.15) is 11.6 Å². The molecule has 1 amide bonds. The number of nitrogens with one attached hydrogen (secondary N) is 5. The average molecular weight is 604 g/mol. The maximum Gasteiger partial charge on any atom is 0.240 e. The van der Waals surface area contributed by atoms with Crippen LogP contribution in [-0.2, 0) is 4.79 Å². The summed E-state index contributed by atoms with van der Waals surface area (Å²) in [5, 5.41) is 10.1. The summed E-state index contributed by atoms with van der Waals surface area (Å²) in [4.78, 5) is 36.5. The van der Waals surface area contributed by atoms with Gasteiger partial charge in [0.2, 0.25) is 5.91 Å². The van der Waals surface area contributed by atoms with Crippen molar-refractivity contribution < 1.29 is 4.79 Å². The van der Waals surface area contributed by atoms with Crippen LogP contribution in [0.2, 0.25) is 0 Å². The Morgan fingerprint density at radius 1 is 0.867 bits per heavy atom. The van der Waals surface area contributed by atoms with Crippen LogP contribution in [0.15, 0.2) is 78.2 Å². The number of carbonyl (C=O) groups excluding carboxylic acids is 1. The first-order valence-corrected chi connectivity index (χ1v) is 16.1. The van der Waals surface area contributed by atoms with Gasteiger partial charge in [-0.2, -0.15) is 0 Å². The Balaban J connectivity index is 1.02. The van der Waals surface area contributed by atoms with E-state index in [2.05, 4.69) is 98.3 Å². The van der Waals surface area contributed by atoms with Gasteiger partial charge in [0.15, 0.2) is 6.29 Å². The molecule has 45 heavy (non-hydrogen) atoms. The van der Waals surface area contributed by atoms with E-state index in [-0.39, 0.29) is 30.2 Å². The summed E-state index contributed by atoms with van der Waals surface area (Å²) < 4.78 is 0. The van der Waals surface area contributed by atoms with Crippen molar-refractivity contribution in [2.45, 2.75) is 63.9 Å². The number of allylic oxidation sites excluding steroid dienone is 1. The van der Waals surface area contributed by atoms with E-state index in [9.17, 15) is 4.79 Å². The minimum atomic E-state index is -0.353. The van der Waals surface area contributed by atoms with Crippen molar-refractivity contribution in [2.75, 3.05) is 13.1 Å². The lowest BCUT2D eigenvalue weighted by Gasteiger charge is -2.32. The molecule has 0 radical (unpaired) electrons. The van der Waals surface area contributed by atoms with Crippen LogP contribution in [0.3, 0.4) is 0 Å². The highest BCUT2D eigenvalue weighted by atomic mass is 16.2. The Labute approximate surface area is 263 Å². The highest BCUT2D eigenvalue weighted by molar-refractivity contribution is 5.83. The molecule has 3 aliphatic rings. The fourth-order valence-electron chi connectivity index (χ4n) is 6.59. The summed E-state index contributed by atoms with van der Waals surface area (Å²) in [6, 6.07) is 17.1. The first-order valence-electron chi connectivity index (χ1n) is 16.1. The number of rotatable bonds is 9. The number of benzene rings is 2. The zero-order valence-corrected chi connectivity index (χ0v) is 25.8. The number of aromatic amines is 2. The van der Waals surface area contributed by atoms with E-state index in [4.69, 9.17) is 4.98 Å². The summed E-state index contributed by atoms with van der Waals surface area (Å²) in [5.74, 6) is 2.06. The average Bonchev–Trinajstić information content (AvgIpc) is 3.91. The number of hydrogen-bond acceptors (Lipinski definition) is 7. The molecule has 0 aliphatic carbocycles. The number of amides is 1. The molecule has 1 unspecified atom stereocenters. The van der Waals surface area contributed by atoms with E-state index >= 15 is 0 Å². The van der Waals surface area contributed by atoms with Gasteiger partial charge < -0.3 is 25.5 Å². The Bertz CT molecular complexity index is 1660. The standard InChI is InChI=1S/C35H41N9O/c1-22(2)31(43-35-37-17-5-18-38-35)34(45)44-19-4-7-30(44)33-40-21-29(42-33)26-14-10-24(11-15-26)23-8-12-25(13-9-23)28-20-39-32(41-28)27-6-3-16-36-27/h5,8-15,17-18,20-22,27,30-31,35-37,43H,3-4,6-7,16,19H2,1-2H3,(H,39,41)(H,40,42)/t27-,30-,31+,35?/m0/s1. The number of imidazole rings is 2. The number of aliphatic imine (C=N–C) groups is 1. The maximum absolute atomic E-state index is 13.8. The summed E-state index contributed by atoms with van der Waals surface area (Å²) in [6.45, 7) is 5.91. The van der Waals surface area contributed by atoms with Gasteiger partial charge in [0.25, 0.3) is 0 Å². The molecule has 4 aromatic rings. The van der Waals surface area contributed by atoms with Crippen LogP contribution in [0.1, 0.15) is 63.3 Å². The third-order valence-corrected chi connectivity index (χ3v) is 9.10. The van der Waals surface area contributed by atoms with Crippen molar-refractivity contribution in [3.8, 4) is 33.6 Å². The van der Waals surface area contributed by atoms with Gasteiger partial charge in [-0.05, 0) is 66.5 Å². The number of nitrogens with zero attached hydrogens (tertiary/aromatic N) is 4. The second-order valence-electron chi connectivity index (χ2n) is 12.5. The SMILES string of the molecule is CC(C)[C@@H](NC1N=CC=CN1)C(=O)N1CCC[C@H]1c1ncc(-c2ccc(-c3ccc(-c4cnc([C@@H]5CCCN5)[nH]4)cc3)cc2)[nH]1. The Morgan fingerprint density at radius 2 is 1.51 bits per heavy atom. The Morgan fingerprint density at radius 3 is 2.11 bits per heavy atom. The lowest BCUT2D eigenvalue weighted by molar-refractivity contribution is -0.136. The fraction of sp³-hybridized carbons (Fsp3) is 0.371. The molecule has 232 valence electrons. The molecule has 4 atom stereocenters. The highest BCUT2D eigenvalue weighted by Crippen LogP contribution is 2.33. The number of carbonyl (C=O) groups is 1. The Kier molecular flexibility index (Phi) is 8.32. The molecule has 0 saturated carbocycles. The zero-order valence-electron chi connectivity index (χ0n) is 25.8. The zero-order chi connectivity index (χ0) is 30.8. The molecule has 10 heteroatoms. The molecule has 5 N–H and O–H groups in total. The van der Waals surface area contributed by atoms with Gasteiger partial charge in [-0.15, -0.1) is 0 Å². The van der Waals surface area contributed by atoms with Crippen molar-refractivity contribution in [3.63, 3.8) is 0 Å². The molecule has 2 fully saturated rings. The summed E-state index contributed by atoms with van der Waals surface area (Å²) in [5.41, 5.74) is 6.49. The molecular formula is C35H41N9O. The number of aromatic nitrogens is 4. The topological polar surface area (TPSA) is 126 Å². The predicted molar refractivity (Wildman–Crippen MR) is 177 cm³/mol. The van der Waals surface area contributed by atoms with Crippen molar-refractivity contribution in [1.29, 1.82) is 0 Å². The fourth-order valence-corrected chi connectivity index (χ4v) is 6.59. The lowest BCUT2D eigenvalue weighted by atomic mass is 10.0. The van der Waals surface area contributed by atoms with E-state index < -0.39 is 0 Å². The van der Waals surface area contributed by atoms with E-state index in [1.807, 2.05) is 29.6 Å². The number of H-pyrrole nitrogens is 2. The first kappa shape index (κ1) is 29.2. The monoisotopic (exact) mass is 603 g/mol. The molecule has 3 aliphatic heterocycles. The molecule has 7 rings (SSSR count). The molecular weight excluding hydrogens is 562 g/mol. The van der Waals surface area contributed by atoms with Gasteiger partial charge >= 0.3 is 0 Å². The van der Waals surface area contributed by atoms with Crippen LogP contribution in [-0.4, -0.2) is 62.4 Å². The molecule has 0 bridgehead atoms. The van der Waals surface area contributed by atoms with Gasteiger partial charge in [0, 0.05) is 19.0 Å². The molecule has 2 aromatic carbocycles. The number of hydrogen-bond donors (Lipinski definition) is 5. The summed E-state index contributed by atoms with van der Waals surface area (Å²) in [6.07, 6.45) is 13.1. The summed E-state index contributed by atoms with van der Waals surface area (Å²) >= 11 is 0. The quantitative estimate of drug-likeness (QED) is 0.177. The van der Waals surface area contributed by atoms with E-state index in [1.54, 1.807) is 6.21 Å². The van der Waals surface area contributed by atoms with E-state index in [0.29, 0.717) is 6.04 Å². The number of likely N-dealkylation sites (tertiary alicyclic amines) is 1. The summed E-state index contributed by atoms with van der Waals surface area (Å²) in [7, 11) is 0. The van der Waals surface area contributed by atoms with Gasteiger partial charge in [-0.25, -0.2) is 9.97 Å². The van der Waals surface area contributed by atoms with Crippen molar-refractivity contribution in [1.82, 2.24) is 40.8 Å². The van der Waals surface area contributed by atoms with Crippen LogP contribution >= 0.6 is 0 Å². The normalized spacial score (nSPS) is 21.8. The lowest BCUT2D eigenvalue weighted by Crippen LogP contribution is -2.55. The highest BCUT2D eigenvalue weighted by Gasteiger charge is 2.37. The maximum atomic E-state index is 13.8. The van der Waals surface area contributed by atoms with Gasteiger partial charge in [-0.1, -0.05) is 62.4 Å². The van der Waals surface area contributed by atoms with Crippen LogP contribution < -0.4 is 16.0 Å². The largest absolute Gasteiger partial charge is 0.358 e. The molecule has 2 saturated heterocycles. The molecule has 5 heterocycles. The molecule has 10 nitrogen and oxygen atoms in total. The smallest absolute Gasteiger partial charge is 0.240 e.